The predicted molar refractivity (Wildman–Crippen MR) is 50.1 cm³/mol. The van der Waals surface area contributed by atoms with Crippen molar-refractivity contribution in [2.24, 2.45) is 17.8 Å². The van der Waals surface area contributed by atoms with Gasteiger partial charge in [-0.25, -0.2) is 0 Å². The van der Waals surface area contributed by atoms with Gasteiger partial charge in [-0.2, -0.15) is 0 Å². The fourth-order valence-corrected chi connectivity index (χ4v) is 2.56. The Morgan fingerprint density at radius 3 is 2.77 bits per heavy atom. The Kier molecular flexibility index (Phi) is 2.24. The molecule has 72 valence electrons. The average Bonchev–Trinajstić information content (AvgIpc) is 2.76. The number of ketones is 1. The maximum Gasteiger partial charge on any atom is 0.164 e. The Morgan fingerprint density at radius 2 is 2.31 bits per heavy atom. The van der Waals surface area contributed by atoms with Crippen LogP contribution in [0.25, 0.3) is 0 Å². The molecule has 0 amide bonds. The quantitative estimate of drug-likeness (QED) is 0.669. The van der Waals surface area contributed by atoms with E-state index < -0.39 is 6.10 Å². The summed E-state index contributed by atoms with van der Waals surface area (Å²) in [5.74, 6) is 1.23. The normalized spacial score (nSPS) is 38.2. The first-order valence-electron chi connectivity index (χ1n) is 5.12. The molecule has 2 aliphatic carbocycles. The molecule has 13 heavy (non-hydrogen) atoms. The van der Waals surface area contributed by atoms with Gasteiger partial charge in [0, 0.05) is 5.92 Å². The molecule has 2 rings (SSSR count). The Bertz CT molecular complexity index is 244. The number of rotatable bonds is 3. The summed E-state index contributed by atoms with van der Waals surface area (Å²) in [6.07, 6.45) is 6.30. The molecule has 2 nitrogen and oxygen atoms in total. The van der Waals surface area contributed by atoms with E-state index in [1.165, 1.54) is 0 Å². The van der Waals surface area contributed by atoms with Gasteiger partial charge in [0.1, 0.15) is 6.10 Å². The number of allylic oxidation sites excluding steroid dienone is 2. The molecule has 0 saturated heterocycles. The van der Waals surface area contributed by atoms with Crippen molar-refractivity contribution in [3.05, 3.63) is 12.2 Å². The summed E-state index contributed by atoms with van der Waals surface area (Å²) in [5.41, 5.74) is 0. The van der Waals surface area contributed by atoms with Crippen LogP contribution in [0, 0.1) is 17.8 Å². The van der Waals surface area contributed by atoms with E-state index in [0.717, 1.165) is 12.8 Å². The second-order valence-corrected chi connectivity index (χ2v) is 4.21. The smallest absolute Gasteiger partial charge is 0.164 e. The van der Waals surface area contributed by atoms with Crippen LogP contribution < -0.4 is 0 Å². The van der Waals surface area contributed by atoms with Gasteiger partial charge in [0.25, 0.3) is 0 Å². The number of carbonyl (C=O) groups is 1. The number of fused-ring (bicyclic) bond motifs is 2. The monoisotopic (exact) mass is 180 g/mol. The first-order valence-corrected chi connectivity index (χ1v) is 5.12. The van der Waals surface area contributed by atoms with Gasteiger partial charge in [-0.15, -0.1) is 0 Å². The van der Waals surface area contributed by atoms with Crippen LogP contribution >= 0.6 is 0 Å². The van der Waals surface area contributed by atoms with Crippen LogP contribution in [0.5, 0.6) is 0 Å². The van der Waals surface area contributed by atoms with Crippen LogP contribution in [0.4, 0.5) is 0 Å². The maximum absolute atomic E-state index is 11.7. The summed E-state index contributed by atoms with van der Waals surface area (Å²) >= 11 is 0. The molecule has 0 heterocycles. The lowest BCUT2D eigenvalue weighted by Crippen LogP contribution is -2.29. The summed E-state index contributed by atoms with van der Waals surface area (Å²) in [4.78, 5) is 11.7. The van der Waals surface area contributed by atoms with Crippen LogP contribution in [0.2, 0.25) is 0 Å². The topological polar surface area (TPSA) is 37.3 Å². The molecule has 0 aromatic rings. The Balaban J connectivity index is 2.03. The van der Waals surface area contributed by atoms with Crippen molar-refractivity contribution in [3.8, 4) is 0 Å². The van der Waals surface area contributed by atoms with Gasteiger partial charge >= 0.3 is 0 Å². The van der Waals surface area contributed by atoms with E-state index in [4.69, 9.17) is 0 Å². The van der Waals surface area contributed by atoms with Gasteiger partial charge in [0.05, 0.1) is 0 Å². The Morgan fingerprint density at radius 1 is 1.54 bits per heavy atom. The van der Waals surface area contributed by atoms with Crippen molar-refractivity contribution >= 4 is 5.78 Å². The zero-order chi connectivity index (χ0) is 9.42. The molecule has 0 aromatic heterocycles. The zero-order valence-corrected chi connectivity index (χ0v) is 7.94. The van der Waals surface area contributed by atoms with E-state index in [2.05, 4.69) is 12.2 Å². The Labute approximate surface area is 78.6 Å². The fraction of sp³-hybridized carbons (Fsp3) is 0.727. The number of Topliss-reactive ketones (excluding diaryl/α,β-unsaturated/α-hetero) is 1. The minimum absolute atomic E-state index is 0.0688. The first-order chi connectivity index (χ1) is 6.22. The van der Waals surface area contributed by atoms with Gasteiger partial charge in [-0.05, 0) is 31.1 Å². The summed E-state index contributed by atoms with van der Waals surface area (Å²) in [7, 11) is 0. The van der Waals surface area contributed by atoms with E-state index >= 15 is 0 Å². The van der Waals surface area contributed by atoms with Crippen molar-refractivity contribution in [3.63, 3.8) is 0 Å². The lowest BCUT2D eigenvalue weighted by molar-refractivity contribution is -0.132. The second-order valence-electron chi connectivity index (χ2n) is 4.21. The highest BCUT2D eigenvalue weighted by atomic mass is 16.3. The van der Waals surface area contributed by atoms with E-state index in [0.29, 0.717) is 18.3 Å². The largest absolute Gasteiger partial charge is 0.385 e. The van der Waals surface area contributed by atoms with Gasteiger partial charge in [-0.1, -0.05) is 19.1 Å². The van der Waals surface area contributed by atoms with Crippen molar-refractivity contribution < 1.29 is 9.90 Å². The van der Waals surface area contributed by atoms with E-state index in [9.17, 15) is 9.90 Å². The number of carbonyl (C=O) groups excluding carboxylic acids is 1. The number of hydrogen-bond donors (Lipinski definition) is 1. The third-order valence-corrected chi connectivity index (χ3v) is 3.36. The molecule has 0 radical (unpaired) electrons. The van der Waals surface area contributed by atoms with Crippen molar-refractivity contribution in [2.75, 3.05) is 0 Å². The molecular formula is C11H16O2. The molecule has 0 spiro atoms. The number of aliphatic hydroxyl groups excluding tert-OH is 1. The van der Waals surface area contributed by atoms with Crippen molar-refractivity contribution in [2.45, 2.75) is 32.3 Å². The molecule has 1 N–H and O–H groups in total. The van der Waals surface area contributed by atoms with Crippen molar-refractivity contribution in [1.82, 2.24) is 0 Å². The Hall–Kier alpha value is -0.630. The van der Waals surface area contributed by atoms with Gasteiger partial charge < -0.3 is 5.11 Å². The molecule has 4 unspecified atom stereocenters. The average molecular weight is 180 g/mol. The maximum atomic E-state index is 11.7. The molecular weight excluding hydrogens is 164 g/mol. The summed E-state index contributed by atoms with van der Waals surface area (Å²) < 4.78 is 0. The molecule has 2 bridgehead atoms. The fourth-order valence-electron chi connectivity index (χ4n) is 2.56. The lowest BCUT2D eigenvalue weighted by atomic mass is 9.87. The lowest BCUT2D eigenvalue weighted by Gasteiger charge is -2.19. The number of aliphatic hydroxyl groups is 1. The third-order valence-electron chi connectivity index (χ3n) is 3.36. The van der Waals surface area contributed by atoms with Crippen LogP contribution in [0.15, 0.2) is 12.2 Å². The summed E-state index contributed by atoms with van der Waals surface area (Å²) in [6, 6.07) is 0. The van der Waals surface area contributed by atoms with E-state index in [-0.39, 0.29) is 11.7 Å². The zero-order valence-electron chi connectivity index (χ0n) is 7.94. The van der Waals surface area contributed by atoms with Gasteiger partial charge in [0.15, 0.2) is 5.78 Å². The van der Waals surface area contributed by atoms with Gasteiger partial charge in [0.2, 0.25) is 0 Å². The molecule has 4 atom stereocenters. The third kappa shape index (κ3) is 1.44. The van der Waals surface area contributed by atoms with Crippen LogP contribution in [0.3, 0.4) is 0 Å². The predicted octanol–water partition coefficient (Wildman–Crippen LogP) is 1.54. The molecule has 1 fully saturated rings. The highest BCUT2D eigenvalue weighted by Crippen LogP contribution is 2.44. The van der Waals surface area contributed by atoms with Crippen molar-refractivity contribution in [1.29, 1.82) is 0 Å². The van der Waals surface area contributed by atoms with E-state index in [1.54, 1.807) is 0 Å². The molecule has 2 heteroatoms. The van der Waals surface area contributed by atoms with Crippen LogP contribution in [0.1, 0.15) is 26.2 Å². The standard InChI is InChI=1S/C11H16O2/c1-2-10(12)11(13)9-6-7-3-4-8(9)5-7/h3-4,7-10,12H,2,5-6H2,1H3. The van der Waals surface area contributed by atoms with Gasteiger partial charge in [-0.3, -0.25) is 4.79 Å². The number of hydrogen-bond acceptors (Lipinski definition) is 2. The second kappa shape index (κ2) is 3.26. The summed E-state index contributed by atoms with van der Waals surface area (Å²) in [6.45, 7) is 1.85. The highest BCUT2D eigenvalue weighted by Gasteiger charge is 2.41. The SMILES string of the molecule is CCC(O)C(=O)C1CC2C=CC1C2. The molecule has 0 aromatic carbocycles. The highest BCUT2D eigenvalue weighted by molar-refractivity contribution is 5.86. The molecule has 1 saturated carbocycles. The minimum atomic E-state index is -0.724. The first kappa shape index (κ1) is 8.95. The minimum Gasteiger partial charge on any atom is -0.385 e. The van der Waals surface area contributed by atoms with E-state index in [1.807, 2.05) is 6.92 Å². The molecule has 2 aliphatic rings. The van der Waals surface area contributed by atoms with Crippen LogP contribution in [-0.4, -0.2) is 17.0 Å². The molecule has 0 aliphatic heterocycles. The summed E-state index contributed by atoms with van der Waals surface area (Å²) in [5, 5.41) is 9.44. The van der Waals surface area contributed by atoms with Crippen LogP contribution in [-0.2, 0) is 4.79 Å².